The first-order chi connectivity index (χ1) is 13.3. The minimum Gasteiger partial charge on any atom is -0.507 e. The molecule has 0 saturated carbocycles. The van der Waals surface area contributed by atoms with Gasteiger partial charge in [-0.05, 0) is 30.8 Å². The van der Waals surface area contributed by atoms with E-state index in [9.17, 15) is 19.8 Å². The Labute approximate surface area is 162 Å². The molecule has 2 atom stereocenters. The summed E-state index contributed by atoms with van der Waals surface area (Å²) in [7, 11) is -1.54. The highest BCUT2D eigenvalue weighted by Gasteiger charge is 2.39. The van der Waals surface area contributed by atoms with Crippen molar-refractivity contribution >= 4 is 19.0 Å². The first-order valence-corrected chi connectivity index (χ1v) is 9.14. The summed E-state index contributed by atoms with van der Waals surface area (Å²) in [5.74, 6) is -2.04. The number of aryl methyl sites for hydroxylation is 1. The molecule has 152 valence electrons. The Morgan fingerprint density at radius 3 is 2.61 bits per heavy atom. The van der Waals surface area contributed by atoms with E-state index in [1.54, 1.807) is 0 Å². The molecule has 0 bridgehead atoms. The molecule has 0 unspecified atom stereocenters. The zero-order valence-corrected chi connectivity index (χ0v) is 15.2. The maximum Gasteiger partial charge on any atom is 0.451 e. The molecule has 0 radical (unpaired) electrons. The van der Waals surface area contributed by atoms with Crippen LogP contribution in [-0.2, 0) is 11.2 Å². The van der Waals surface area contributed by atoms with Gasteiger partial charge in [-0.15, -0.1) is 0 Å². The summed E-state index contributed by atoms with van der Waals surface area (Å²) in [5, 5.41) is 40.7. The van der Waals surface area contributed by atoms with E-state index in [1.165, 1.54) is 12.1 Å². The van der Waals surface area contributed by atoms with E-state index in [0.717, 1.165) is 0 Å². The van der Waals surface area contributed by atoms with E-state index in [0.29, 0.717) is 31.6 Å². The second-order valence-corrected chi connectivity index (χ2v) is 7.22. The fourth-order valence-electron chi connectivity index (χ4n) is 3.64. The molecule has 1 aromatic carbocycles. The number of rotatable bonds is 8. The fourth-order valence-corrected chi connectivity index (χ4v) is 3.64. The Morgan fingerprint density at radius 1 is 1.32 bits per heavy atom. The lowest BCUT2D eigenvalue weighted by Gasteiger charge is -2.42. The lowest BCUT2D eigenvalue weighted by Crippen LogP contribution is -2.58. The number of nitrogens with zero attached hydrogens (tertiary/aromatic N) is 1. The third-order valence-electron chi connectivity index (χ3n) is 5.25. The number of carboxylic acid groups (broad SMARTS) is 1. The molecule has 2 saturated heterocycles. The maximum atomic E-state index is 11.6. The van der Waals surface area contributed by atoms with E-state index in [2.05, 4.69) is 10.2 Å². The summed E-state index contributed by atoms with van der Waals surface area (Å²) in [6, 6.07) is 2.85. The van der Waals surface area contributed by atoms with Crippen LogP contribution in [0.1, 0.15) is 22.3 Å². The number of carbonyl (C=O) groups is 2. The minimum absolute atomic E-state index is 0.0217. The number of carboxylic acids is 1. The van der Waals surface area contributed by atoms with Gasteiger partial charge >= 0.3 is 13.1 Å². The highest BCUT2D eigenvalue weighted by atomic mass is 16.5. The molecule has 0 aromatic heterocycles. The first kappa shape index (κ1) is 20.4. The van der Waals surface area contributed by atoms with E-state index in [4.69, 9.17) is 20.5 Å². The van der Waals surface area contributed by atoms with Gasteiger partial charge in [0, 0.05) is 25.7 Å². The number of phenols is 1. The number of amides is 1. The van der Waals surface area contributed by atoms with Gasteiger partial charge in [-0.3, -0.25) is 9.69 Å². The topological polar surface area (TPSA) is 166 Å². The second-order valence-electron chi connectivity index (χ2n) is 7.22. The van der Waals surface area contributed by atoms with Crippen LogP contribution in [0.2, 0.25) is 6.32 Å². The van der Waals surface area contributed by atoms with Gasteiger partial charge in [0.15, 0.2) is 0 Å². The van der Waals surface area contributed by atoms with Gasteiger partial charge < -0.3 is 36.0 Å². The van der Waals surface area contributed by atoms with E-state index in [1.807, 2.05) is 0 Å². The Bertz CT molecular complexity index is 755. The smallest absolute Gasteiger partial charge is 0.451 e. The van der Waals surface area contributed by atoms with Gasteiger partial charge in [-0.25, -0.2) is 4.79 Å². The number of likely N-dealkylation sites (tertiary alicyclic amines) is 1. The van der Waals surface area contributed by atoms with E-state index >= 15 is 0 Å². The molecular formula is C17H24BN3O7. The van der Waals surface area contributed by atoms with Crippen LogP contribution in [0, 0.1) is 0 Å². The van der Waals surface area contributed by atoms with Gasteiger partial charge in [-0.1, -0.05) is 6.07 Å². The van der Waals surface area contributed by atoms with Crippen LogP contribution in [0.15, 0.2) is 12.1 Å². The second kappa shape index (κ2) is 8.35. The van der Waals surface area contributed by atoms with Crippen molar-refractivity contribution in [2.45, 2.75) is 37.3 Å². The lowest BCUT2D eigenvalue weighted by molar-refractivity contribution is -0.119. The molecular weight excluding hydrogens is 369 g/mol. The third-order valence-corrected chi connectivity index (χ3v) is 5.25. The summed E-state index contributed by atoms with van der Waals surface area (Å²) >= 11 is 0. The maximum absolute atomic E-state index is 11.6. The molecule has 0 aliphatic carbocycles. The van der Waals surface area contributed by atoms with Crippen LogP contribution in [0.5, 0.6) is 11.5 Å². The number of aromatic carboxylic acids is 1. The third kappa shape index (κ3) is 4.38. The molecule has 2 aliphatic rings. The van der Waals surface area contributed by atoms with Crippen molar-refractivity contribution in [3.05, 3.63) is 23.3 Å². The molecule has 28 heavy (non-hydrogen) atoms. The number of nitrogens with one attached hydrogen (secondary N) is 1. The molecule has 2 heterocycles. The van der Waals surface area contributed by atoms with E-state index in [-0.39, 0.29) is 48.1 Å². The zero-order chi connectivity index (χ0) is 20.4. The fraction of sp³-hybridized carbons (Fsp3) is 0.529. The van der Waals surface area contributed by atoms with Crippen LogP contribution < -0.4 is 15.8 Å². The normalized spacial score (nSPS) is 22.6. The number of nitrogens with two attached hydrogens (primary N) is 1. The van der Waals surface area contributed by atoms with Gasteiger partial charge in [-0.2, -0.15) is 0 Å². The molecule has 1 aromatic rings. The quantitative estimate of drug-likeness (QED) is 0.285. The van der Waals surface area contributed by atoms with Crippen molar-refractivity contribution in [1.29, 1.82) is 0 Å². The summed E-state index contributed by atoms with van der Waals surface area (Å²) < 4.78 is 5.77. The van der Waals surface area contributed by atoms with Gasteiger partial charge in [0.05, 0.1) is 6.04 Å². The first-order valence-electron chi connectivity index (χ1n) is 9.14. The van der Waals surface area contributed by atoms with Crippen LogP contribution in [-0.4, -0.2) is 82.0 Å². The molecule has 2 fully saturated rings. The van der Waals surface area contributed by atoms with E-state index < -0.39 is 18.8 Å². The highest BCUT2D eigenvalue weighted by Crippen LogP contribution is 2.34. The Balaban J connectivity index is 1.61. The van der Waals surface area contributed by atoms with Gasteiger partial charge in [0.2, 0.25) is 5.91 Å². The predicted molar refractivity (Wildman–Crippen MR) is 99.1 cm³/mol. The van der Waals surface area contributed by atoms with Crippen LogP contribution >= 0.6 is 0 Å². The molecule has 7 N–H and O–H groups in total. The Hall–Kier alpha value is -2.34. The van der Waals surface area contributed by atoms with Crippen molar-refractivity contribution in [2.75, 3.05) is 19.6 Å². The lowest BCUT2D eigenvalue weighted by atomic mass is 9.82. The Kier molecular flexibility index (Phi) is 6.09. The zero-order valence-electron chi connectivity index (χ0n) is 15.2. The summed E-state index contributed by atoms with van der Waals surface area (Å²) in [6.45, 7) is 1.82. The molecule has 0 spiro atoms. The standard InChI is InChI=1S/C17H24BN3O7/c19-16(23)12-5-10(6-20-12)21-7-11(8-21)28-13-2-1-9(3-4-18(26)27)15(22)14(13)17(24)25/h1-2,10-12,20,22,26-27H,3-8H2,(H2,19,23)(H,24,25)/t10-,12+/m0/s1. The number of primary amides is 1. The molecule has 3 rings (SSSR count). The van der Waals surface area contributed by atoms with Crippen molar-refractivity contribution in [3.8, 4) is 11.5 Å². The van der Waals surface area contributed by atoms with Crippen molar-refractivity contribution in [2.24, 2.45) is 5.73 Å². The van der Waals surface area contributed by atoms with Crippen molar-refractivity contribution in [3.63, 3.8) is 0 Å². The summed E-state index contributed by atoms with van der Waals surface area (Å²) in [4.78, 5) is 25.0. The summed E-state index contributed by atoms with van der Waals surface area (Å²) in [5.41, 5.74) is 5.28. The monoisotopic (exact) mass is 393 g/mol. The average molecular weight is 393 g/mol. The predicted octanol–water partition coefficient (Wildman–Crippen LogP) is -1.62. The molecule has 10 nitrogen and oxygen atoms in total. The molecule has 1 amide bonds. The number of hydrogen-bond acceptors (Lipinski definition) is 8. The number of benzene rings is 1. The van der Waals surface area contributed by atoms with Crippen LogP contribution in [0.25, 0.3) is 0 Å². The van der Waals surface area contributed by atoms with Gasteiger partial charge in [0.25, 0.3) is 0 Å². The highest BCUT2D eigenvalue weighted by molar-refractivity contribution is 6.41. The average Bonchev–Trinajstić information content (AvgIpc) is 3.06. The summed E-state index contributed by atoms with van der Waals surface area (Å²) in [6.07, 6.45) is 0.507. The van der Waals surface area contributed by atoms with Gasteiger partial charge in [0.1, 0.15) is 23.2 Å². The number of carbonyl (C=O) groups excluding carboxylic acids is 1. The largest absolute Gasteiger partial charge is 0.507 e. The molecule has 2 aliphatic heterocycles. The SMILES string of the molecule is NC(=O)[C@H]1C[C@H](N2CC(Oc3ccc(CCB(O)O)c(O)c3C(=O)O)C2)CN1. The van der Waals surface area contributed by atoms with Crippen LogP contribution in [0.3, 0.4) is 0 Å². The van der Waals surface area contributed by atoms with Crippen LogP contribution in [0.4, 0.5) is 0 Å². The van der Waals surface area contributed by atoms with Crippen molar-refractivity contribution < 1.29 is 34.6 Å². The van der Waals surface area contributed by atoms with Crippen molar-refractivity contribution in [1.82, 2.24) is 10.2 Å². The molecule has 11 heteroatoms. The Morgan fingerprint density at radius 2 is 2.04 bits per heavy atom. The minimum atomic E-state index is -1.54. The number of hydrogen-bond donors (Lipinski definition) is 6. The number of aromatic hydroxyl groups is 1. The number of ether oxygens (including phenoxy) is 1.